The highest BCUT2D eigenvalue weighted by Crippen LogP contribution is 2.25. The van der Waals surface area contributed by atoms with Crippen LogP contribution in [0.5, 0.6) is 11.5 Å². The minimum absolute atomic E-state index is 0.569. The summed E-state index contributed by atoms with van der Waals surface area (Å²) in [5.41, 5.74) is 4.82. The molecule has 1 aromatic carbocycles. The van der Waals surface area contributed by atoms with Crippen molar-refractivity contribution in [1.82, 2.24) is 15.0 Å². The van der Waals surface area contributed by atoms with E-state index in [0.717, 1.165) is 39.4 Å². The average molecular weight is 312 g/mol. The molecule has 0 aliphatic rings. The average Bonchev–Trinajstić information content (AvgIpc) is 2.96. The van der Waals surface area contributed by atoms with Crippen molar-refractivity contribution >= 4 is 17.0 Å². The van der Waals surface area contributed by atoms with Crippen molar-refractivity contribution in [2.24, 2.45) is 0 Å². The molecule has 6 nitrogen and oxygen atoms in total. The molecule has 23 heavy (non-hydrogen) atoms. The van der Waals surface area contributed by atoms with Gasteiger partial charge in [-0.05, 0) is 26.0 Å². The third kappa shape index (κ3) is 2.92. The number of rotatable bonds is 5. The van der Waals surface area contributed by atoms with Crippen LogP contribution >= 0.6 is 0 Å². The molecule has 3 aromatic rings. The summed E-state index contributed by atoms with van der Waals surface area (Å²) in [5.74, 6) is 2.38. The molecule has 0 saturated heterocycles. The van der Waals surface area contributed by atoms with Gasteiger partial charge in [-0.15, -0.1) is 0 Å². The van der Waals surface area contributed by atoms with E-state index in [2.05, 4.69) is 20.3 Å². The molecule has 0 fully saturated rings. The Morgan fingerprint density at radius 1 is 1.17 bits per heavy atom. The van der Waals surface area contributed by atoms with Gasteiger partial charge in [0.15, 0.2) is 0 Å². The summed E-state index contributed by atoms with van der Waals surface area (Å²) < 4.78 is 10.7. The van der Waals surface area contributed by atoms with Crippen molar-refractivity contribution in [2.45, 2.75) is 20.4 Å². The number of pyridine rings is 1. The Kier molecular flexibility index (Phi) is 4.06. The lowest BCUT2D eigenvalue weighted by Crippen LogP contribution is -2.06. The third-order valence-corrected chi connectivity index (χ3v) is 3.86. The monoisotopic (exact) mass is 312 g/mol. The Balaban J connectivity index is 1.81. The molecular formula is C17H20N4O2. The van der Waals surface area contributed by atoms with Crippen LogP contribution in [0.4, 0.5) is 5.95 Å². The van der Waals surface area contributed by atoms with E-state index < -0.39 is 0 Å². The van der Waals surface area contributed by atoms with E-state index in [-0.39, 0.29) is 0 Å². The number of benzene rings is 1. The molecule has 2 heterocycles. The zero-order chi connectivity index (χ0) is 16.4. The first-order valence-electron chi connectivity index (χ1n) is 7.39. The van der Waals surface area contributed by atoms with Crippen LogP contribution in [0.15, 0.2) is 24.4 Å². The number of aryl methyl sites for hydroxylation is 1. The molecule has 0 spiro atoms. The molecule has 2 aromatic heterocycles. The van der Waals surface area contributed by atoms with E-state index in [1.807, 2.05) is 38.2 Å². The number of imidazole rings is 1. The van der Waals surface area contributed by atoms with Gasteiger partial charge in [0.05, 0.1) is 37.5 Å². The fourth-order valence-electron chi connectivity index (χ4n) is 2.62. The Morgan fingerprint density at radius 2 is 2.00 bits per heavy atom. The molecule has 0 unspecified atom stereocenters. The zero-order valence-corrected chi connectivity index (χ0v) is 13.7. The number of nitrogens with one attached hydrogen (secondary N) is 2. The molecule has 0 radical (unpaired) electrons. The van der Waals surface area contributed by atoms with Crippen LogP contribution in [0.3, 0.4) is 0 Å². The summed E-state index contributed by atoms with van der Waals surface area (Å²) in [6.45, 7) is 4.57. The number of aromatic nitrogens is 3. The molecule has 0 aliphatic carbocycles. The Hall–Kier alpha value is -2.76. The van der Waals surface area contributed by atoms with Crippen molar-refractivity contribution < 1.29 is 9.47 Å². The van der Waals surface area contributed by atoms with E-state index >= 15 is 0 Å². The largest absolute Gasteiger partial charge is 0.497 e. The van der Waals surface area contributed by atoms with Gasteiger partial charge >= 0.3 is 0 Å². The number of hydrogen-bond acceptors (Lipinski definition) is 5. The maximum Gasteiger partial charge on any atom is 0.201 e. The molecule has 120 valence electrons. The number of anilines is 1. The van der Waals surface area contributed by atoms with Crippen LogP contribution in [-0.2, 0) is 6.54 Å². The van der Waals surface area contributed by atoms with Gasteiger partial charge in [-0.1, -0.05) is 0 Å². The SMILES string of the molecule is COc1ccc2nc(NCc3ncc(C)c(OC)c3C)[nH]c2c1. The summed E-state index contributed by atoms with van der Waals surface area (Å²) in [6.07, 6.45) is 1.83. The Labute approximate surface area is 134 Å². The zero-order valence-electron chi connectivity index (χ0n) is 13.7. The summed E-state index contributed by atoms with van der Waals surface area (Å²) in [5, 5.41) is 3.27. The number of hydrogen-bond donors (Lipinski definition) is 2. The predicted octanol–water partition coefficient (Wildman–Crippen LogP) is 3.20. The van der Waals surface area contributed by atoms with Crippen LogP contribution in [0.2, 0.25) is 0 Å². The van der Waals surface area contributed by atoms with Gasteiger partial charge in [-0.3, -0.25) is 4.98 Å². The second kappa shape index (κ2) is 6.16. The second-order valence-electron chi connectivity index (χ2n) is 5.37. The van der Waals surface area contributed by atoms with E-state index in [4.69, 9.17) is 9.47 Å². The molecule has 0 saturated carbocycles. The lowest BCUT2D eigenvalue weighted by Gasteiger charge is -2.12. The van der Waals surface area contributed by atoms with Gasteiger partial charge in [0.2, 0.25) is 5.95 Å². The standard InChI is InChI=1S/C17H20N4O2/c1-10-8-18-15(11(2)16(10)23-4)9-19-17-20-13-6-5-12(22-3)7-14(13)21-17/h5-8H,9H2,1-4H3,(H2,19,20,21). The number of aromatic amines is 1. The van der Waals surface area contributed by atoms with Crippen molar-refractivity contribution in [2.75, 3.05) is 19.5 Å². The number of fused-ring (bicyclic) bond motifs is 1. The van der Waals surface area contributed by atoms with Crippen molar-refractivity contribution in [1.29, 1.82) is 0 Å². The minimum Gasteiger partial charge on any atom is -0.497 e. The third-order valence-electron chi connectivity index (χ3n) is 3.86. The maximum absolute atomic E-state index is 5.44. The molecule has 0 aliphatic heterocycles. The highest BCUT2D eigenvalue weighted by Gasteiger charge is 2.10. The van der Waals surface area contributed by atoms with Gasteiger partial charge in [0.25, 0.3) is 0 Å². The van der Waals surface area contributed by atoms with E-state index in [1.54, 1.807) is 14.2 Å². The quantitative estimate of drug-likeness (QED) is 0.757. The summed E-state index contributed by atoms with van der Waals surface area (Å²) >= 11 is 0. The molecule has 6 heteroatoms. The molecule has 0 atom stereocenters. The lowest BCUT2D eigenvalue weighted by atomic mass is 10.1. The topological polar surface area (TPSA) is 72.1 Å². The van der Waals surface area contributed by atoms with E-state index in [0.29, 0.717) is 12.5 Å². The maximum atomic E-state index is 5.44. The smallest absolute Gasteiger partial charge is 0.201 e. The summed E-state index contributed by atoms with van der Waals surface area (Å²) in [7, 11) is 3.33. The number of ether oxygens (including phenoxy) is 2. The van der Waals surface area contributed by atoms with E-state index in [9.17, 15) is 0 Å². The van der Waals surface area contributed by atoms with Gasteiger partial charge in [0.1, 0.15) is 11.5 Å². The lowest BCUT2D eigenvalue weighted by molar-refractivity contribution is 0.407. The highest BCUT2D eigenvalue weighted by atomic mass is 16.5. The first kappa shape index (κ1) is 15.1. The van der Waals surface area contributed by atoms with Crippen LogP contribution in [-0.4, -0.2) is 29.2 Å². The Morgan fingerprint density at radius 3 is 2.74 bits per heavy atom. The molecule has 0 amide bonds. The summed E-state index contributed by atoms with van der Waals surface area (Å²) in [6, 6.07) is 5.74. The number of nitrogens with zero attached hydrogens (tertiary/aromatic N) is 2. The van der Waals surface area contributed by atoms with Crippen molar-refractivity contribution in [3.05, 3.63) is 41.2 Å². The second-order valence-corrected chi connectivity index (χ2v) is 5.37. The first-order valence-corrected chi connectivity index (χ1v) is 7.39. The minimum atomic E-state index is 0.569. The van der Waals surface area contributed by atoms with Crippen LogP contribution in [0, 0.1) is 13.8 Å². The van der Waals surface area contributed by atoms with Crippen LogP contribution in [0.1, 0.15) is 16.8 Å². The fourth-order valence-corrected chi connectivity index (χ4v) is 2.62. The first-order chi connectivity index (χ1) is 11.1. The molecule has 0 bridgehead atoms. The van der Waals surface area contributed by atoms with Crippen molar-refractivity contribution in [3.8, 4) is 11.5 Å². The fraction of sp³-hybridized carbons (Fsp3) is 0.294. The normalized spacial score (nSPS) is 10.8. The molecule has 3 rings (SSSR count). The van der Waals surface area contributed by atoms with Crippen molar-refractivity contribution in [3.63, 3.8) is 0 Å². The predicted molar refractivity (Wildman–Crippen MR) is 90.2 cm³/mol. The summed E-state index contributed by atoms with van der Waals surface area (Å²) in [4.78, 5) is 12.2. The van der Waals surface area contributed by atoms with Gasteiger partial charge in [-0.2, -0.15) is 0 Å². The highest BCUT2D eigenvalue weighted by molar-refractivity contribution is 5.79. The van der Waals surface area contributed by atoms with Crippen LogP contribution in [0.25, 0.3) is 11.0 Å². The molecular weight excluding hydrogens is 292 g/mol. The Bertz CT molecular complexity index is 842. The molecule has 2 N–H and O–H groups in total. The van der Waals surface area contributed by atoms with E-state index in [1.165, 1.54) is 0 Å². The van der Waals surface area contributed by atoms with Crippen LogP contribution < -0.4 is 14.8 Å². The van der Waals surface area contributed by atoms with Gasteiger partial charge < -0.3 is 19.8 Å². The van der Waals surface area contributed by atoms with Gasteiger partial charge in [0, 0.05) is 23.4 Å². The van der Waals surface area contributed by atoms with Gasteiger partial charge in [-0.25, -0.2) is 4.98 Å². The number of methoxy groups -OCH3 is 2. The number of H-pyrrole nitrogens is 1.